The standard InChI is InChI=1S/C22H20F2N4OS/c1-26-12-14(11-25-26)16-8-13-4-3-7-28(19(13)10-17(16)21(23)24)15-5-6-18-20(9-15)30-22(29)27(18)2/h5-6,8-12,21H,3-4,7H2,1-2H3. The lowest BCUT2D eigenvalue weighted by Gasteiger charge is -2.32. The van der Waals surface area contributed by atoms with Crippen LogP contribution < -0.4 is 9.77 Å². The highest BCUT2D eigenvalue weighted by atomic mass is 32.1. The van der Waals surface area contributed by atoms with Gasteiger partial charge in [-0.2, -0.15) is 5.10 Å². The molecule has 0 fully saturated rings. The molecule has 8 heteroatoms. The average Bonchev–Trinajstić information content (AvgIpc) is 3.29. The van der Waals surface area contributed by atoms with E-state index in [4.69, 9.17) is 0 Å². The molecule has 4 aromatic rings. The van der Waals surface area contributed by atoms with Crippen LogP contribution in [0.4, 0.5) is 20.2 Å². The summed E-state index contributed by atoms with van der Waals surface area (Å²) in [5.41, 5.74) is 4.90. The number of benzene rings is 2. The summed E-state index contributed by atoms with van der Waals surface area (Å²) in [6.45, 7) is 0.745. The molecule has 0 spiro atoms. The lowest BCUT2D eigenvalue weighted by molar-refractivity contribution is 0.152. The van der Waals surface area contributed by atoms with Crippen molar-refractivity contribution in [3.8, 4) is 11.1 Å². The second kappa shape index (κ2) is 7.05. The van der Waals surface area contributed by atoms with E-state index in [0.717, 1.165) is 46.5 Å². The zero-order valence-electron chi connectivity index (χ0n) is 16.6. The predicted octanol–water partition coefficient (Wildman–Crippen LogP) is 5.02. The molecule has 0 radical (unpaired) electrons. The summed E-state index contributed by atoms with van der Waals surface area (Å²) in [5, 5.41) is 4.14. The van der Waals surface area contributed by atoms with Crippen LogP contribution in [-0.4, -0.2) is 20.9 Å². The Kier molecular flexibility index (Phi) is 4.47. The van der Waals surface area contributed by atoms with Crippen molar-refractivity contribution in [2.45, 2.75) is 19.3 Å². The Balaban J connectivity index is 1.65. The summed E-state index contributed by atoms with van der Waals surface area (Å²) in [4.78, 5) is 14.1. The number of anilines is 2. The van der Waals surface area contributed by atoms with Crippen molar-refractivity contribution in [2.24, 2.45) is 14.1 Å². The molecule has 0 amide bonds. The molecule has 2 aromatic carbocycles. The SMILES string of the molecule is Cn1cc(-c2cc3c(cc2C(F)F)N(c2ccc4c(c2)sc(=O)n4C)CCC3)cn1. The number of fused-ring (bicyclic) bond motifs is 2. The highest BCUT2D eigenvalue weighted by Crippen LogP contribution is 2.41. The van der Waals surface area contributed by atoms with Gasteiger partial charge in [0.15, 0.2) is 0 Å². The molecule has 0 N–H and O–H groups in total. The van der Waals surface area contributed by atoms with Gasteiger partial charge >= 0.3 is 4.87 Å². The molecule has 1 aliphatic rings. The molecule has 0 bridgehead atoms. The second-order valence-electron chi connectivity index (χ2n) is 7.61. The first kappa shape index (κ1) is 19.0. The third kappa shape index (κ3) is 3.02. The van der Waals surface area contributed by atoms with Crippen LogP contribution in [0.1, 0.15) is 24.0 Å². The van der Waals surface area contributed by atoms with Gasteiger partial charge in [-0.05, 0) is 54.3 Å². The lowest BCUT2D eigenvalue weighted by atomic mass is 9.93. The summed E-state index contributed by atoms with van der Waals surface area (Å²) in [6.07, 6.45) is 2.56. The van der Waals surface area contributed by atoms with Crippen molar-refractivity contribution in [2.75, 3.05) is 11.4 Å². The topological polar surface area (TPSA) is 43.1 Å². The highest BCUT2D eigenvalue weighted by molar-refractivity contribution is 7.16. The summed E-state index contributed by atoms with van der Waals surface area (Å²) >= 11 is 1.20. The van der Waals surface area contributed by atoms with Gasteiger partial charge in [0.2, 0.25) is 0 Å². The molecule has 30 heavy (non-hydrogen) atoms. The van der Waals surface area contributed by atoms with Gasteiger partial charge in [-0.15, -0.1) is 0 Å². The van der Waals surface area contributed by atoms with E-state index in [-0.39, 0.29) is 10.4 Å². The van der Waals surface area contributed by atoms with Gasteiger partial charge in [-0.3, -0.25) is 9.48 Å². The number of rotatable bonds is 3. The Morgan fingerprint density at radius 3 is 2.73 bits per heavy atom. The Hall–Kier alpha value is -3.00. The van der Waals surface area contributed by atoms with E-state index in [0.29, 0.717) is 11.1 Å². The number of halogens is 2. The van der Waals surface area contributed by atoms with Crippen LogP contribution in [0.25, 0.3) is 21.3 Å². The smallest absolute Gasteiger partial charge is 0.307 e. The van der Waals surface area contributed by atoms with E-state index in [1.807, 2.05) is 24.3 Å². The number of hydrogen-bond acceptors (Lipinski definition) is 4. The zero-order valence-corrected chi connectivity index (χ0v) is 17.4. The molecule has 3 heterocycles. The molecule has 1 aliphatic heterocycles. The zero-order chi connectivity index (χ0) is 21.0. The Labute approximate surface area is 175 Å². The summed E-state index contributed by atoms with van der Waals surface area (Å²) in [5.74, 6) is 0. The van der Waals surface area contributed by atoms with Crippen LogP contribution >= 0.6 is 11.3 Å². The summed E-state index contributed by atoms with van der Waals surface area (Å²) < 4.78 is 32.1. The van der Waals surface area contributed by atoms with Gasteiger partial charge in [0.25, 0.3) is 6.43 Å². The third-order valence-electron chi connectivity index (χ3n) is 5.71. The highest BCUT2D eigenvalue weighted by Gasteiger charge is 2.25. The number of aromatic nitrogens is 3. The van der Waals surface area contributed by atoms with Crippen LogP contribution in [0, 0.1) is 0 Å². The summed E-state index contributed by atoms with van der Waals surface area (Å²) in [6, 6.07) is 9.38. The molecule has 0 unspecified atom stereocenters. The van der Waals surface area contributed by atoms with Gasteiger partial charge < -0.3 is 9.47 Å². The molecule has 2 aromatic heterocycles. The van der Waals surface area contributed by atoms with Crippen molar-refractivity contribution in [1.82, 2.24) is 14.3 Å². The maximum absolute atomic E-state index is 14.0. The van der Waals surface area contributed by atoms with Gasteiger partial charge in [0.1, 0.15) is 0 Å². The minimum atomic E-state index is -2.59. The van der Waals surface area contributed by atoms with Crippen LogP contribution in [-0.2, 0) is 20.5 Å². The largest absolute Gasteiger partial charge is 0.341 e. The van der Waals surface area contributed by atoms with Crippen molar-refractivity contribution < 1.29 is 8.78 Å². The molecule has 0 aliphatic carbocycles. The third-order valence-corrected chi connectivity index (χ3v) is 6.70. The number of nitrogens with zero attached hydrogens (tertiary/aromatic N) is 4. The monoisotopic (exact) mass is 426 g/mol. The molecule has 0 saturated carbocycles. The van der Waals surface area contributed by atoms with Crippen molar-refractivity contribution in [3.63, 3.8) is 0 Å². The first-order valence-electron chi connectivity index (χ1n) is 9.73. The predicted molar refractivity (Wildman–Crippen MR) is 116 cm³/mol. The number of aryl methyl sites for hydroxylation is 3. The fourth-order valence-corrected chi connectivity index (χ4v) is 5.11. The fourth-order valence-electron chi connectivity index (χ4n) is 4.20. The fraction of sp³-hybridized carbons (Fsp3) is 0.273. The number of thiazole rings is 1. The van der Waals surface area contributed by atoms with Crippen molar-refractivity contribution in [3.05, 3.63) is 63.5 Å². The van der Waals surface area contributed by atoms with Crippen LogP contribution in [0.3, 0.4) is 0 Å². The normalized spacial score (nSPS) is 14.0. The van der Waals surface area contributed by atoms with E-state index in [1.54, 1.807) is 41.8 Å². The molecule has 154 valence electrons. The van der Waals surface area contributed by atoms with Crippen LogP contribution in [0.15, 0.2) is 47.5 Å². The van der Waals surface area contributed by atoms with Gasteiger partial charge in [0, 0.05) is 49.3 Å². The van der Waals surface area contributed by atoms with Crippen LogP contribution in [0.5, 0.6) is 0 Å². The average molecular weight is 426 g/mol. The first-order valence-corrected chi connectivity index (χ1v) is 10.5. The first-order chi connectivity index (χ1) is 14.4. The second-order valence-corrected chi connectivity index (χ2v) is 8.60. The van der Waals surface area contributed by atoms with Gasteiger partial charge in [-0.1, -0.05) is 11.3 Å². The van der Waals surface area contributed by atoms with E-state index >= 15 is 0 Å². The lowest BCUT2D eigenvalue weighted by Crippen LogP contribution is -2.24. The minimum Gasteiger partial charge on any atom is -0.341 e. The van der Waals surface area contributed by atoms with E-state index < -0.39 is 6.43 Å². The molecular formula is C22H20F2N4OS. The molecule has 5 rings (SSSR count). The van der Waals surface area contributed by atoms with E-state index in [2.05, 4.69) is 10.00 Å². The van der Waals surface area contributed by atoms with Crippen molar-refractivity contribution >= 4 is 32.9 Å². The number of alkyl halides is 2. The molecule has 0 saturated heterocycles. The molecule has 5 nitrogen and oxygen atoms in total. The maximum Gasteiger partial charge on any atom is 0.307 e. The Morgan fingerprint density at radius 2 is 2.00 bits per heavy atom. The van der Waals surface area contributed by atoms with Crippen molar-refractivity contribution in [1.29, 1.82) is 0 Å². The summed E-state index contributed by atoms with van der Waals surface area (Å²) in [7, 11) is 3.53. The molecular weight excluding hydrogens is 406 g/mol. The van der Waals surface area contributed by atoms with E-state index in [1.165, 1.54) is 11.3 Å². The van der Waals surface area contributed by atoms with E-state index in [9.17, 15) is 13.6 Å². The van der Waals surface area contributed by atoms with Crippen LogP contribution in [0.2, 0.25) is 0 Å². The minimum absolute atomic E-state index is 0.0118. The maximum atomic E-state index is 14.0. The Bertz CT molecular complexity index is 1320. The van der Waals surface area contributed by atoms with Gasteiger partial charge in [0.05, 0.1) is 16.4 Å². The quantitative estimate of drug-likeness (QED) is 0.462. The van der Waals surface area contributed by atoms with Gasteiger partial charge in [-0.25, -0.2) is 8.78 Å². The molecule has 0 atom stereocenters. The number of hydrogen-bond donors (Lipinski definition) is 0. The Morgan fingerprint density at radius 1 is 1.17 bits per heavy atom.